The van der Waals surface area contributed by atoms with Crippen LogP contribution < -0.4 is 5.32 Å². The number of hydrogen-bond donors (Lipinski definition) is 1. The molecule has 0 fully saturated rings. The van der Waals surface area contributed by atoms with E-state index in [2.05, 4.69) is 53.8 Å². The summed E-state index contributed by atoms with van der Waals surface area (Å²) in [5, 5.41) is 3.55. The van der Waals surface area contributed by atoms with Gasteiger partial charge < -0.3 is 10.1 Å². The summed E-state index contributed by atoms with van der Waals surface area (Å²) in [7, 11) is 0. The molecule has 17 heavy (non-hydrogen) atoms. The Morgan fingerprint density at radius 1 is 1.06 bits per heavy atom. The van der Waals surface area contributed by atoms with Crippen molar-refractivity contribution >= 4 is 0 Å². The lowest BCUT2D eigenvalue weighted by Crippen LogP contribution is -2.36. The average molecular weight is 243 g/mol. The zero-order valence-corrected chi connectivity index (χ0v) is 13.0. The second-order valence-electron chi connectivity index (χ2n) is 6.88. The van der Waals surface area contributed by atoms with Crippen LogP contribution in [0.5, 0.6) is 0 Å². The lowest BCUT2D eigenvalue weighted by molar-refractivity contribution is 0.0794. The summed E-state index contributed by atoms with van der Waals surface area (Å²) in [6, 6.07) is 0.566. The summed E-state index contributed by atoms with van der Waals surface area (Å²) in [5.74, 6) is 1.31. The summed E-state index contributed by atoms with van der Waals surface area (Å²) in [6.45, 7) is 18.6. The van der Waals surface area contributed by atoms with Gasteiger partial charge in [-0.25, -0.2) is 0 Å². The standard InChI is InChI=1S/C15H33NO/c1-12(2)11-17-9-8-14(15(5,6)7)10-16-13(3)4/h12-14,16H,8-11H2,1-7H3. The van der Waals surface area contributed by atoms with E-state index >= 15 is 0 Å². The Hall–Kier alpha value is -0.0800. The quantitative estimate of drug-likeness (QED) is 0.656. The number of ether oxygens (including phenoxy) is 1. The van der Waals surface area contributed by atoms with Gasteiger partial charge >= 0.3 is 0 Å². The fourth-order valence-electron chi connectivity index (χ4n) is 1.76. The molecular formula is C15H33NO. The highest BCUT2D eigenvalue weighted by atomic mass is 16.5. The van der Waals surface area contributed by atoms with Gasteiger partial charge in [0.05, 0.1) is 0 Å². The van der Waals surface area contributed by atoms with E-state index in [1.165, 1.54) is 0 Å². The van der Waals surface area contributed by atoms with Gasteiger partial charge in [0.25, 0.3) is 0 Å². The molecule has 1 unspecified atom stereocenters. The SMILES string of the molecule is CC(C)COCCC(CNC(C)C)C(C)(C)C. The van der Waals surface area contributed by atoms with Crippen molar-refractivity contribution < 1.29 is 4.74 Å². The maximum Gasteiger partial charge on any atom is 0.0488 e. The first-order valence-corrected chi connectivity index (χ1v) is 7.04. The predicted octanol–water partition coefficient (Wildman–Crippen LogP) is 3.71. The van der Waals surface area contributed by atoms with Crippen LogP contribution in [-0.4, -0.2) is 25.8 Å². The molecule has 0 amide bonds. The van der Waals surface area contributed by atoms with Crippen molar-refractivity contribution in [2.45, 2.75) is 60.9 Å². The molecular weight excluding hydrogens is 210 g/mol. The minimum absolute atomic E-state index is 0.350. The molecule has 0 rings (SSSR count). The molecule has 0 saturated heterocycles. The normalized spacial score (nSPS) is 14.6. The van der Waals surface area contributed by atoms with Crippen molar-refractivity contribution in [2.24, 2.45) is 17.3 Å². The molecule has 0 spiro atoms. The average Bonchev–Trinajstić information content (AvgIpc) is 2.13. The van der Waals surface area contributed by atoms with Crippen molar-refractivity contribution in [1.29, 1.82) is 0 Å². The molecule has 0 aliphatic carbocycles. The molecule has 0 bridgehead atoms. The Morgan fingerprint density at radius 3 is 2.06 bits per heavy atom. The van der Waals surface area contributed by atoms with E-state index in [4.69, 9.17) is 4.74 Å². The molecule has 1 atom stereocenters. The largest absolute Gasteiger partial charge is 0.381 e. The van der Waals surface area contributed by atoms with E-state index in [0.717, 1.165) is 26.2 Å². The van der Waals surface area contributed by atoms with Gasteiger partial charge in [-0.05, 0) is 30.2 Å². The van der Waals surface area contributed by atoms with Crippen LogP contribution in [0.2, 0.25) is 0 Å². The van der Waals surface area contributed by atoms with Crippen LogP contribution in [0.3, 0.4) is 0 Å². The Kier molecular flexibility index (Phi) is 8.06. The van der Waals surface area contributed by atoms with Gasteiger partial charge in [0.1, 0.15) is 0 Å². The lowest BCUT2D eigenvalue weighted by atomic mass is 9.79. The summed E-state index contributed by atoms with van der Waals surface area (Å²) in [4.78, 5) is 0. The Balaban J connectivity index is 3.95. The third-order valence-corrected chi connectivity index (χ3v) is 3.06. The molecule has 0 saturated carbocycles. The van der Waals surface area contributed by atoms with Crippen LogP contribution >= 0.6 is 0 Å². The first-order valence-electron chi connectivity index (χ1n) is 7.04. The maximum atomic E-state index is 5.70. The number of hydrogen-bond acceptors (Lipinski definition) is 2. The van der Waals surface area contributed by atoms with Crippen molar-refractivity contribution in [1.82, 2.24) is 5.32 Å². The van der Waals surface area contributed by atoms with Crippen LogP contribution in [0.15, 0.2) is 0 Å². The topological polar surface area (TPSA) is 21.3 Å². The van der Waals surface area contributed by atoms with E-state index in [-0.39, 0.29) is 0 Å². The van der Waals surface area contributed by atoms with Crippen LogP contribution in [-0.2, 0) is 4.74 Å². The van der Waals surface area contributed by atoms with Gasteiger partial charge in [0.2, 0.25) is 0 Å². The van der Waals surface area contributed by atoms with E-state index in [1.54, 1.807) is 0 Å². The summed E-state index contributed by atoms with van der Waals surface area (Å²) < 4.78 is 5.70. The third kappa shape index (κ3) is 9.61. The molecule has 1 N–H and O–H groups in total. The highest BCUT2D eigenvalue weighted by Crippen LogP contribution is 2.28. The van der Waals surface area contributed by atoms with Crippen molar-refractivity contribution in [3.05, 3.63) is 0 Å². The third-order valence-electron chi connectivity index (χ3n) is 3.06. The van der Waals surface area contributed by atoms with Gasteiger partial charge in [-0.2, -0.15) is 0 Å². The molecule has 0 heterocycles. The summed E-state index contributed by atoms with van der Waals surface area (Å²) in [5.41, 5.74) is 0.350. The van der Waals surface area contributed by atoms with Crippen LogP contribution in [0, 0.1) is 17.3 Å². The lowest BCUT2D eigenvalue weighted by Gasteiger charge is -2.31. The van der Waals surface area contributed by atoms with Crippen LogP contribution in [0.25, 0.3) is 0 Å². The molecule has 0 aliphatic heterocycles. The molecule has 0 radical (unpaired) electrons. The first kappa shape index (κ1) is 16.9. The minimum Gasteiger partial charge on any atom is -0.381 e. The predicted molar refractivity (Wildman–Crippen MR) is 76.4 cm³/mol. The van der Waals surface area contributed by atoms with Crippen molar-refractivity contribution in [3.8, 4) is 0 Å². The van der Waals surface area contributed by atoms with Crippen molar-refractivity contribution in [3.63, 3.8) is 0 Å². The van der Waals surface area contributed by atoms with Gasteiger partial charge in [-0.15, -0.1) is 0 Å². The summed E-state index contributed by atoms with van der Waals surface area (Å²) in [6.07, 6.45) is 1.15. The van der Waals surface area contributed by atoms with E-state index in [0.29, 0.717) is 23.3 Å². The zero-order chi connectivity index (χ0) is 13.5. The zero-order valence-electron chi connectivity index (χ0n) is 13.0. The van der Waals surface area contributed by atoms with E-state index in [9.17, 15) is 0 Å². The van der Waals surface area contributed by atoms with Crippen LogP contribution in [0.1, 0.15) is 54.9 Å². The highest BCUT2D eigenvalue weighted by molar-refractivity contribution is 4.76. The second-order valence-corrected chi connectivity index (χ2v) is 6.88. The van der Waals surface area contributed by atoms with Gasteiger partial charge in [0, 0.05) is 19.3 Å². The Labute approximate surface area is 109 Å². The first-order chi connectivity index (χ1) is 7.73. The number of nitrogens with one attached hydrogen (secondary N) is 1. The van der Waals surface area contributed by atoms with Gasteiger partial charge in [-0.3, -0.25) is 0 Å². The van der Waals surface area contributed by atoms with Crippen molar-refractivity contribution in [2.75, 3.05) is 19.8 Å². The molecule has 2 heteroatoms. The minimum atomic E-state index is 0.350. The molecule has 0 aromatic heterocycles. The molecule has 0 aromatic rings. The fourth-order valence-corrected chi connectivity index (χ4v) is 1.76. The fraction of sp³-hybridized carbons (Fsp3) is 1.00. The highest BCUT2D eigenvalue weighted by Gasteiger charge is 2.24. The van der Waals surface area contributed by atoms with E-state index < -0.39 is 0 Å². The maximum absolute atomic E-state index is 5.70. The second kappa shape index (κ2) is 8.10. The Morgan fingerprint density at radius 2 is 1.65 bits per heavy atom. The van der Waals surface area contributed by atoms with Crippen LogP contribution in [0.4, 0.5) is 0 Å². The summed E-state index contributed by atoms with van der Waals surface area (Å²) >= 11 is 0. The van der Waals surface area contributed by atoms with Gasteiger partial charge in [-0.1, -0.05) is 48.5 Å². The van der Waals surface area contributed by atoms with E-state index in [1.807, 2.05) is 0 Å². The monoisotopic (exact) mass is 243 g/mol. The van der Waals surface area contributed by atoms with Gasteiger partial charge in [0.15, 0.2) is 0 Å². The molecule has 104 valence electrons. The molecule has 0 aromatic carbocycles. The Bertz CT molecular complexity index is 182. The number of rotatable bonds is 8. The molecule has 0 aliphatic rings. The molecule has 2 nitrogen and oxygen atoms in total. The smallest absolute Gasteiger partial charge is 0.0488 e.